The van der Waals surface area contributed by atoms with Gasteiger partial charge >= 0.3 is 0 Å². The summed E-state index contributed by atoms with van der Waals surface area (Å²) >= 11 is 0. The molecule has 0 atom stereocenters. The van der Waals surface area contributed by atoms with Gasteiger partial charge in [-0.2, -0.15) is 0 Å². The maximum Gasteiger partial charge on any atom is 0.270 e. The lowest BCUT2D eigenvalue weighted by Gasteiger charge is -2.03. The van der Waals surface area contributed by atoms with Gasteiger partial charge in [0.2, 0.25) is 0 Å². The van der Waals surface area contributed by atoms with Crippen LogP contribution in [0.4, 0.5) is 0 Å². The number of hydrogen-bond acceptors (Lipinski definition) is 3. The van der Waals surface area contributed by atoms with E-state index in [1.54, 1.807) is 0 Å². The quantitative estimate of drug-likeness (QED) is 0.813. The van der Waals surface area contributed by atoms with Gasteiger partial charge in [0.15, 0.2) is 0 Å². The van der Waals surface area contributed by atoms with Gasteiger partial charge in [0.05, 0.1) is 6.33 Å². The Morgan fingerprint density at radius 3 is 2.76 bits per heavy atom. The lowest BCUT2D eigenvalue weighted by molar-refractivity contribution is 0.0945. The molecule has 86 valence electrons. The van der Waals surface area contributed by atoms with Crippen molar-refractivity contribution in [3.05, 3.63) is 64.3 Å². The summed E-state index contributed by atoms with van der Waals surface area (Å²) < 4.78 is 0. The number of aromatic nitrogens is 2. The van der Waals surface area contributed by atoms with Gasteiger partial charge in [-0.1, -0.05) is 30.3 Å². The molecule has 0 aliphatic rings. The highest BCUT2D eigenvalue weighted by molar-refractivity contribution is 5.91. The first kappa shape index (κ1) is 11.1. The van der Waals surface area contributed by atoms with Crippen molar-refractivity contribution in [3.63, 3.8) is 0 Å². The lowest BCUT2D eigenvalue weighted by Crippen LogP contribution is -2.25. The third-order valence-electron chi connectivity index (χ3n) is 2.21. The monoisotopic (exact) mass is 229 g/mol. The van der Waals surface area contributed by atoms with E-state index in [4.69, 9.17) is 0 Å². The fraction of sp³-hybridized carbons (Fsp3) is 0.0833. The van der Waals surface area contributed by atoms with Crippen molar-refractivity contribution in [2.24, 2.45) is 0 Å². The standard InChI is InChI=1S/C12H11N3O2/c16-11-6-10(14-8-15-11)12(17)13-7-9-4-2-1-3-5-9/h1-6,8H,7H2,(H,13,17)(H,14,15,16). The smallest absolute Gasteiger partial charge is 0.270 e. The molecule has 5 nitrogen and oxygen atoms in total. The predicted molar refractivity (Wildman–Crippen MR) is 62.5 cm³/mol. The highest BCUT2D eigenvalue weighted by atomic mass is 16.2. The van der Waals surface area contributed by atoms with Crippen LogP contribution in [-0.4, -0.2) is 15.9 Å². The van der Waals surface area contributed by atoms with Crippen molar-refractivity contribution in [1.82, 2.24) is 15.3 Å². The molecule has 0 spiro atoms. The minimum atomic E-state index is -0.361. The van der Waals surface area contributed by atoms with Crippen LogP contribution in [0.1, 0.15) is 16.1 Å². The molecule has 0 aliphatic carbocycles. The van der Waals surface area contributed by atoms with Gasteiger partial charge in [0.1, 0.15) is 5.69 Å². The van der Waals surface area contributed by atoms with Crippen molar-refractivity contribution in [1.29, 1.82) is 0 Å². The zero-order valence-corrected chi connectivity index (χ0v) is 9.01. The molecule has 0 radical (unpaired) electrons. The number of carbonyl (C=O) groups is 1. The highest BCUT2D eigenvalue weighted by Gasteiger charge is 2.06. The summed E-state index contributed by atoms with van der Waals surface area (Å²) in [7, 11) is 0. The third kappa shape index (κ3) is 3.01. The second kappa shape index (κ2) is 5.07. The summed E-state index contributed by atoms with van der Waals surface area (Å²) in [5.74, 6) is -0.361. The number of H-pyrrole nitrogens is 1. The van der Waals surface area contributed by atoms with E-state index in [-0.39, 0.29) is 17.2 Å². The second-order valence-corrected chi connectivity index (χ2v) is 3.46. The van der Waals surface area contributed by atoms with Crippen LogP contribution < -0.4 is 10.9 Å². The summed E-state index contributed by atoms with van der Waals surface area (Å²) in [6, 6.07) is 10.7. The maximum atomic E-state index is 11.6. The van der Waals surface area contributed by atoms with Crippen LogP contribution in [-0.2, 0) is 6.54 Å². The Hall–Kier alpha value is -2.43. The Balaban J connectivity index is 2.01. The molecule has 1 aromatic carbocycles. The van der Waals surface area contributed by atoms with Crippen molar-refractivity contribution < 1.29 is 4.79 Å². The molecule has 0 bridgehead atoms. The highest BCUT2D eigenvalue weighted by Crippen LogP contribution is 1.98. The minimum absolute atomic E-state index is 0.115. The number of benzene rings is 1. The molecule has 2 aromatic rings. The zero-order valence-electron chi connectivity index (χ0n) is 9.01. The number of carbonyl (C=O) groups excluding carboxylic acids is 1. The summed E-state index contributed by atoms with van der Waals surface area (Å²) in [5.41, 5.74) is 0.764. The SMILES string of the molecule is O=C(NCc1ccccc1)c1cc(=O)[nH]cn1. The molecule has 1 heterocycles. The van der Waals surface area contributed by atoms with Crippen molar-refractivity contribution in [3.8, 4) is 0 Å². The molecule has 0 aliphatic heterocycles. The van der Waals surface area contributed by atoms with Crippen LogP contribution in [0.3, 0.4) is 0 Å². The van der Waals surface area contributed by atoms with Crippen LogP contribution in [0.5, 0.6) is 0 Å². The van der Waals surface area contributed by atoms with E-state index >= 15 is 0 Å². The van der Waals surface area contributed by atoms with Crippen molar-refractivity contribution in [2.45, 2.75) is 6.54 Å². The third-order valence-corrected chi connectivity index (χ3v) is 2.21. The van der Waals surface area contributed by atoms with Crippen LogP contribution >= 0.6 is 0 Å². The first-order valence-corrected chi connectivity index (χ1v) is 5.12. The second-order valence-electron chi connectivity index (χ2n) is 3.46. The molecule has 2 rings (SSSR count). The van der Waals surface area contributed by atoms with Gasteiger partial charge in [-0.15, -0.1) is 0 Å². The number of nitrogens with one attached hydrogen (secondary N) is 2. The zero-order chi connectivity index (χ0) is 12.1. The Morgan fingerprint density at radius 1 is 1.29 bits per heavy atom. The summed E-state index contributed by atoms with van der Waals surface area (Å²) in [6.07, 6.45) is 1.21. The maximum absolute atomic E-state index is 11.6. The van der Waals surface area contributed by atoms with E-state index in [0.29, 0.717) is 6.54 Å². The van der Waals surface area contributed by atoms with E-state index in [2.05, 4.69) is 15.3 Å². The predicted octanol–water partition coefficient (Wildman–Crippen LogP) is 0.700. The molecule has 1 amide bonds. The van der Waals surface area contributed by atoms with E-state index in [1.807, 2.05) is 30.3 Å². The number of nitrogens with zero attached hydrogens (tertiary/aromatic N) is 1. The molecular formula is C12H11N3O2. The molecule has 0 saturated carbocycles. The van der Waals surface area contributed by atoms with Crippen LogP contribution in [0.25, 0.3) is 0 Å². The van der Waals surface area contributed by atoms with Gasteiger partial charge in [-0.05, 0) is 5.56 Å². The molecule has 0 saturated heterocycles. The van der Waals surface area contributed by atoms with Crippen LogP contribution in [0.15, 0.2) is 47.5 Å². The summed E-state index contributed by atoms with van der Waals surface area (Å²) in [6.45, 7) is 0.411. The summed E-state index contributed by atoms with van der Waals surface area (Å²) in [4.78, 5) is 28.8. The van der Waals surface area contributed by atoms with E-state index in [0.717, 1.165) is 5.56 Å². The normalized spacial score (nSPS) is 9.88. The Morgan fingerprint density at radius 2 is 2.06 bits per heavy atom. The Labute approximate surface area is 97.5 Å². The molecule has 0 unspecified atom stereocenters. The molecule has 2 N–H and O–H groups in total. The van der Waals surface area contributed by atoms with Crippen molar-refractivity contribution in [2.75, 3.05) is 0 Å². The van der Waals surface area contributed by atoms with Crippen molar-refractivity contribution >= 4 is 5.91 Å². The van der Waals surface area contributed by atoms with Gasteiger partial charge in [0.25, 0.3) is 11.5 Å². The fourth-order valence-corrected chi connectivity index (χ4v) is 1.36. The van der Waals surface area contributed by atoms with Gasteiger partial charge in [-0.25, -0.2) is 4.98 Å². The van der Waals surface area contributed by atoms with E-state index < -0.39 is 0 Å². The average molecular weight is 229 g/mol. The topological polar surface area (TPSA) is 74.8 Å². The number of hydrogen-bond donors (Lipinski definition) is 2. The van der Waals surface area contributed by atoms with Gasteiger partial charge in [-0.3, -0.25) is 9.59 Å². The van der Waals surface area contributed by atoms with E-state index in [9.17, 15) is 9.59 Å². The Kier molecular flexibility index (Phi) is 3.30. The average Bonchev–Trinajstić information content (AvgIpc) is 2.37. The van der Waals surface area contributed by atoms with E-state index in [1.165, 1.54) is 12.4 Å². The number of rotatable bonds is 3. The first-order valence-electron chi connectivity index (χ1n) is 5.12. The molecule has 0 fully saturated rings. The molecule has 5 heteroatoms. The number of aromatic amines is 1. The molecule has 1 aromatic heterocycles. The fourth-order valence-electron chi connectivity index (χ4n) is 1.36. The van der Waals surface area contributed by atoms with Gasteiger partial charge in [0, 0.05) is 12.6 Å². The lowest BCUT2D eigenvalue weighted by atomic mass is 10.2. The first-order chi connectivity index (χ1) is 8.25. The van der Waals surface area contributed by atoms with Crippen LogP contribution in [0, 0.1) is 0 Å². The molecular weight excluding hydrogens is 218 g/mol. The summed E-state index contributed by atoms with van der Waals surface area (Å²) in [5, 5.41) is 2.69. The minimum Gasteiger partial charge on any atom is -0.347 e. The number of amides is 1. The Bertz CT molecular complexity index is 563. The van der Waals surface area contributed by atoms with Crippen LogP contribution in [0.2, 0.25) is 0 Å². The van der Waals surface area contributed by atoms with Gasteiger partial charge < -0.3 is 10.3 Å². The largest absolute Gasteiger partial charge is 0.347 e. The molecule has 17 heavy (non-hydrogen) atoms.